The van der Waals surface area contributed by atoms with Crippen molar-refractivity contribution < 1.29 is 0 Å². The normalized spacial score (nSPS) is 10.8. The third kappa shape index (κ3) is 2.91. The minimum atomic E-state index is 0.677. The first-order chi connectivity index (χ1) is 12.7. The zero-order valence-corrected chi connectivity index (χ0v) is 15.2. The van der Waals surface area contributed by atoms with E-state index in [9.17, 15) is 0 Å². The van der Waals surface area contributed by atoms with Crippen LogP contribution in [-0.2, 0) is 13.5 Å². The Bertz CT molecular complexity index is 1130. The van der Waals surface area contributed by atoms with Gasteiger partial charge in [-0.15, -0.1) is 0 Å². The number of nitrogens with one attached hydrogen (secondary N) is 1. The Morgan fingerprint density at radius 2 is 2.08 bits per heavy atom. The molecular formula is C19H16N6S. The van der Waals surface area contributed by atoms with Gasteiger partial charge in [0.2, 0.25) is 5.00 Å². The molecular weight excluding hydrogens is 344 g/mol. The maximum absolute atomic E-state index is 7.11. The molecule has 0 fully saturated rings. The van der Waals surface area contributed by atoms with Crippen molar-refractivity contribution in [2.45, 2.75) is 13.3 Å². The number of fused-ring (bicyclic) bond motifs is 1. The zero-order chi connectivity index (χ0) is 18.1. The van der Waals surface area contributed by atoms with Gasteiger partial charge in [0.15, 0.2) is 0 Å². The van der Waals surface area contributed by atoms with E-state index >= 15 is 0 Å². The molecule has 128 valence electrons. The minimum Gasteiger partial charge on any atom is -0.339 e. The number of rotatable bonds is 4. The maximum atomic E-state index is 7.11. The number of nitrogens with zero attached hydrogens (tertiary/aromatic N) is 5. The highest BCUT2D eigenvalue weighted by Crippen LogP contribution is 2.34. The summed E-state index contributed by atoms with van der Waals surface area (Å²) >= 11 is 1.46. The molecule has 0 amide bonds. The molecule has 0 bridgehead atoms. The Kier molecular flexibility index (Phi) is 4.11. The van der Waals surface area contributed by atoms with Crippen LogP contribution in [0, 0.1) is 6.57 Å². The molecule has 0 aliphatic carbocycles. The lowest BCUT2D eigenvalue weighted by molar-refractivity contribution is 0.947. The highest BCUT2D eigenvalue weighted by Gasteiger charge is 2.10. The van der Waals surface area contributed by atoms with Gasteiger partial charge in [0.1, 0.15) is 11.3 Å². The molecule has 1 N–H and O–H groups in total. The molecule has 0 aromatic carbocycles. The van der Waals surface area contributed by atoms with Gasteiger partial charge in [-0.2, -0.15) is 11.3 Å². The van der Waals surface area contributed by atoms with E-state index in [1.807, 2.05) is 36.0 Å². The summed E-state index contributed by atoms with van der Waals surface area (Å²) in [5.74, 6) is 0.761. The van der Waals surface area contributed by atoms with Crippen molar-refractivity contribution >= 4 is 38.9 Å². The highest BCUT2D eigenvalue weighted by molar-refractivity contribution is 7.19. The van der Waals surface area contributed by atoms with Crippen LogP contribution in [0.3, 0.4) is 0 Å². The molecule has 6 nitrogen and oxygen atoms in total. The lowest BCUT2D eigenvalue weighted by Crippen LogP contribution is -1.99. The van der Waals surface area contributed by atoms with Crippen molar-refractivity contribution in [1.29, 1.82) is 0 Å². The fourth-order valence-electron chi connectivity index (χ4n) is 2.80. The second kappa shape index (κ2) is 6.58. The quantitative estimate of drug-likeness (QED) is 0.523. The average molecular weight is 360 g/mol. The number of pyridine rings is 2. The summed E-state index contributed by atoms with van der Waals surface area (Å²) in [6.45, 7) is 9.22. The largest absolute Gasteiger partial charge is 0.339 e. The van der Waals surface area contributed by atoms with Crippen molar-refractivity contribution in [3.8, 4) is 10.6 Å². The molecule has 0 atom stereocenters. The molecule has 0 saturated heterocycles. The summed E-state index contributed by atoms with van der Waals surface area (Å²) in [6.07, 6.45) is 6.25. The van der Waals surface area contributed by atoms with Crippen molar-refractivity contribution in [2.24, 2.45) is 7.05 Å². The molecule has 0 unspecified atom stereocenters. The van der Waals surface area contributed by atoms with E-state index in [1.54, 1.807) is 12.5 Å². The van der Waals surface area contributed by atoms with Gasteiger partial charge in [-0.05, 0) is 24.1 Å². The van der Waals surface area contributed by atoms with E-state index in [2.05, 4.69) is 38.1 Å². The van der Waals surface area contributed by atoms with E-state index in [1.165, 1.54) is 11.3 Å². The zero-order valence-electron chi connectivity index (χ0n) is 14.4. The van der Waals surface area contributed by atoms with Gasteiger partial charge < -0.3 is 9.88 Å². The second-order valence-electron chi connectivity index (χ2n) is 5.87. The lowest BCUT2D eigenvalue weighted by atomic mass is 10.1. The van der Waals surface area contributed by atoms with Crippen LogP contribution in [0.4, 0.5) is 16.5 Å². The number of imidazole rings is 1. The smallest absolute Gasteiger partial charge is 0.241 e. The van der Waals surface area contributed by atoms with Crippen LogP contribution in [0.25, 0.3) is 26.4 Å². The number of thiophene rings is 1. The number of aromatic nitrogens is 4. The van der Waals surface area contributed by atoms with E-state index in [0.29, 0.717) is 5.00 Å². The summed E-state index contributed by atoms with van der Waals surface area (Å²) < 4.78 is 1.97. The highest BCUT2D eigenvalue weighted by atomic mass is 32.1. The van der Waals surface area contributed by atoms with Crippen LogP contribution < -0.4 is 5.32 Å². The van der Waals surface area contributed by atoms with Crippen molar-refractivity contribution in [3.63, 3.8) is 0 Å². The summed E-state index contributed by atoms with van der Waals surface area (Å²) in [4.78, 5) is 17.8. The monoisotopic (exact) mass is 360 g/mol. The Morgan fingerprint density at radius 3 is 2.85 bits per heavy atom. The summed E-state index contributed by atoms with van der Waals surface area (Å²) in [5, 5.41) is 4.04. The predicted octanol–water partition coefficient (Wildman–Crippen LogP) is 4.95. The molecule has 4 aromatic rings. The first-order valence-corrected chi connectivity index (χ1v) is 9.00. The second-order valence-corrected chi connectivity index (χ2v) is 6.93. The minimum absolute atomic E-state index is 0.677. The van der Waals surface area contributed by atoms with Gasteiger partial charge in [0, 0.05) is 18.0 Å². The molecule has 0 spiro atoms. The average Bonchev–Trinajstić information content (AvgIpc) is 3.29. The standard InChI is InChI=1S/C19H16N6S/c1-4-12-7-13(17-5-6-19(20-2)26-17)21-9-14(12)24-18-8-16-15(10-22-18)23-11-25(16)3/h5-11H,4H2,1,3H3,(H,22,24). The van der Waals surface area contributed by atoms with E-state index in [-0.39, 0.29) is 0 Å². The first kappa shape index (κ1) is 16.2. The number of aryl methyl sites for hydroxylation is 2. The van der Waals surface area contributed by atoms with Crippen LogP contribution in [0.1, 0.15) is 12.5 Å². The van der Waals surface area contributed by atoms with Gasteiger partial charge in [0.05, 0.1) is 42.2 Å². The summed E-state index contributed by atoms with van der Waals surface area (Å²) in [5.41, 5.74) is 4.88. The summed E-state index contributed by atoms with van der Waals surface area (Å²) in [6, 6.07) is 7.84. The Balaban J connectivity index is 1.67. The summed E-state index contributed by atoms with van der Waals surface area (Å²) in [7, 11) is 1.96. The van der Waals surface area contributed by atoms with Gasteiger partial charge in [-0.25, -0.2) is 14.8 Å². The van der Waals surface area contributed by atoms with E-state index in [0.717, 1.165) is 45.1 Å². The lowest BCUT2D eigenvalue weighted by Gasteiger charge is -2.11. The molecule has 0 radical (unpaired) electrons. The first-order valence-electron chi connectivity index (χ1n) is 8.18. The van der Waals surface area contributed by atoms with Crippen molar-refractivity contribution in [1.82, 2.24) is 19.5 Å². The molecule has 4 rings (SSSR count). The molecule has 4 aromatic heterocycles. The van der Waals surface area contributed by atoms with E-state index in [4.69, 9.17) is 6.57 Å². The maximum Gasteiger partial charge on any atom is 0.241 e. The molecule has 0 saturated carbocycles. The predicted molar refractivity (Wildman–Crippen MR) is 105 cm³/mol. The van der Waals surface area contributed by atoms with Crippen molar-refractivity contribution in [2.75, 3.05) is 5.32 Å². The SMILES string of the molecule is [C-]#[N+]c1ccc(-c2cc(CC)c(Nc3cc4c(cn3)ncn4C)cn2)s1. The van der Waals surface area contributed by atoms with Gasteiger partial charge >= 0.3 is 0 Å². The van der Waals surface area contributed by atoms with Crippen LogP contribution >= 0.6 is 11.3 Å². The van der Waals surface area contributed by atoms with E-state index < -0.39 is 0 Å². The fourth-order valence-corrected chi connectivity index (χ4v) is 3.56. The molecule has 0 aliphatic rings. The van der Waals surface area contributed by atoms with Crippen LogP contribution in [0.5, 0.6) is 0 Å². The Labute approximate surface area is 155 Å². The topological polar surface area (TPSA) is 60.0 Å². The van der Waals surface area contributed by atoms with Crippen molar-refractivity contribution in [3.05, 3.63) is 60.0 Å². The molecule has 4 heterocycles. The Hall–Kier alpha value is -3.24. The molecule has 7 heteroatoms. The molecule has 26 heavy (non-hydrogen) atoms. The van der Waals surface area contributed by atoms with Gasteiger partial charge in [-0.1, -0.05) is 13.0 Å². The third-order valence-electron chi connectivity index (χ3n) is 4.20. The van der Waals surface area contributed by atoms with Crippen LogP contribution in [-0.4, -0.2) is 19.5 Å². The fraction of sp³-hybridized carbons (Fsp3) is 0.158. The Morgan fingerprint density at radius 1 is 1.19 bits per heavy atom. The van der Waals surface area contributed by atoms with Crippen LogP contribution in [0.15, 0.2) is 43.0 Å². The van der Waals surface area contributed by atoms with Crippen LogP contribution in [0.2, 0.25) is 0 Å². The van der Waals surface area contributed by atoms with Gasteiger partial charge in [-0.3, -0.25) is 4.98 Å². The number of anilines is 2. The third-order valence-corrected chi connectivity index (χ3v) is 5.20. The number of hydrogen-bond acceptors (Lipinski definition) is 5. The molecule has 0 aliphatic heterocycles. The number of hydrogen-bond donors (Lipinski definition) is 1. The van der Waals surface area contributed by atoms with Gasteiger partial charge in [0.25, 0.3) is 0 Å².